The van der Waals surface area contributed by atoms with Crippen molar-refractivity contribution in [3.8, 4) is 5.69 Å². The monoisotopic (exact) mass is 320 g/mol. The molecule has 0 aliphatic rings. The molecule has 1 aromatic carbocycles. The molecule has 1 unspecified atom stereocenters. The SMILES string of the molecule is Cc1cnn(-c2ccc(NC(=O)N(C)CCC(C)O)cc2F)c1. The van der Waals surface area contributed by atoms with Gasteiger partial charge >= 0.3 is 6.03 Å². The van der Waals surface area contributed by atoms with Crippen LogP contribution in [0.15, 0.2) is 30.6 Å². The molecule has 0 radical (unpaired) electrons. The molecule has 6 nitrogen and oxygen atoms in total. The second-order valence-corrected chi connectivity index (χ2v) is 5.62. The van der Waals surface area contributed by atoms with E-state index in [1.807, 2.05) is 6.92 Å². The highest BCUT2D eigenvalue weighted by Gasteiger charge is 2.12. The number of halogens is 1. The van der Waals surface area contributed by atoms with Crippen LogP contribution in [0.1, 0.15) is 18.9 Å². The minimum absolute atomic E-state index is 0.318. The molecule has 0 bridgehead atoms. The lowest BCUT2D eigenvalue weighted by Crippen LogP contribution is -2.33. The number of rotatable bonds is 5. The summed E-state index contributed by atoms with van der Waals surface area (Å²) in [5, 5.41) is 15.9. The lowest BCUT2D eigenvalue weighted by molar-refractivity contribution is 0.167. The lowest BCUT2D eigenvalue weighted by Gasteiger charge is -2.19. The maximum Gasteiger partial charge on any atom is 0.321 e. The number of hydrogen-bond acceptors (Lipinski definition) is 3. The van der Waals surface area contributed by atoms with Gasteiger partial charge in [-0.05, 0) is 44.0 Å². The minimum atomic E-state index is -0.475. The predicted octanol–water partition coefficient (Wildman–Crippen LogP) is 2.55. The normalized spacial score (nSPS) is 12.0. The fraction of sp³-hybridized carbons (Fsp3) is 0.375. The number of benzene rings is 1. The Morgan fingerprint density at radius 2 is 2.26 bits per heavy atom. The van der Waals surface area contributed by atoms with Gasteiger partial charge in [0, 0.05) is 25.5 Å². The van der Waals surface area contributed by atoms with Crippen molar-refractivity contribution in [1.29, 1.82) is 0 Å². The van der Waals surface area contributed by atoms with Gasteiger partial charge in [-0.25, -0.2) is 13.9 Å². The van der Waals surface area contributed by atoms with Crippen LogP contribution in [-0.2, 0) is 0 Å². The fourth-order valence-electron chi connectivity index (χ4n) is 2.02. The van der Waals surface area contributed by atoms with Gasteiger partial charge < -0.3 is 15.3 Å². The first-order chi connectivity index (χ1) is 10.9. The predicted molar refractivity (Wildman–Crippen MR) is 86.2 cm³/mol. The van der Waals surface area contributed by atoms with Crippen LogP contribution in [0.4, 0.5) is 14.9 Å². The van der Waals surface area contributed by atoms with Gasteiger partial charge in [0.2, 0.25) is 0 Å². The summed E-state index contributed by atoms with van der Waals surface area (Å²) in [7, 11) is 1.62. The number of nitrogens with one attached hydrogen (secondary N) is 1. The number of carbonyl (C=O) groups is 1. The third-order valence-electron chi connectivity index (χ3n) is 3.39. The Morgan fingerprint density at radius 1 is 1.52 bits per heavy atom. The molecule has 0 saturated heterocycles. The first-order valence-corrected chi connectivity index (χ1v) is 7.38. The van der Waals surface area contributed by atoms with Crippen LogP contribution in [-0.4, -0.2) is 45.5 Å². The lowest BCUT2D eigenvalue weighted by atomic mass is 10.2. The average molecular weight is 320 g/mol. The fourth-order valence-corrected chi connectivity index (χ4v) is 2.02. The number of urea groups is 1. The number of amides is 2. The zero-order chi connectivity index (χ0) is 17.0. The van der Waals surface area contributed by atoms with Gasteiger partial charge in [0.25, 0.3) is 0 Å². The van der Waals surface area contributed by atoms with Gasteiger partial charge in [0.1, 0.15) is 5.69 Å². The van der Waals surface area contributed by atoms with Crippen molar-refractivity contribution >= 4 is 11.7 Å². The number of aromatic nitrogens is 2. The van der Waals surface area contributed by atoms with E-state index >= 15 is 0 Å². The second kappa shape index (κ2) is 7.23. The quantitative estimate of drug-likeness (QED) is 0.889. The van der Waals surface area contributed by atoms with Crippen LogP contribution in [0.25, 0.3) is 5.69 Å². The van der Waals surface area contributed by atoms with Crippen LogP contribution in [0.2, 0.25) is 0 Å². The Balaban J connectivity index is 2.04. The van der Waals surface area contributed by atoms with Crippen LogP contribution in [0.5, 0.6) is 0 Å². The summed E-state index contributed by atoms with van der Waals surface area (Å²) in [6.45, 7) is 3.95. The highest BCUT2D eigenvalue weighted by molar-refractivity contribution is 5.89. The largest absolute Gasteiger partial charge is 0.393 e. The third-order valence-corrected chi connectivity index (χ3v) is 3.39. The van der Waals surface area contributed by atoms with Crippen molar-refractivity contribution in [3.05, 3.63) is 42.0 Å². The van der Waals surface area contributed by atoms with Crippen molar-refractivity contribution in [2.24, 2.45) is 0 Å². The highest BCUT2D eigenvalue weighted by Crippen LogP contribution is 2.18. The number of aliphatic hydroxyl groups is 1. The number of nitrogens with zero attached hydrogens (tertiary/aromatic N) is 3. The number of anilines is 1. The molecule has 0 spiro atoms. The Hall–Kier alpha value is -2.41. The topological polar surface area (TPSA) is 70.4 Å². The van der Waals surface area contributed by atoms with E-state index in [1.165, 1.54) is 15.6 Å². The second-order valence-electron chi connectivity index (χ2n) is 5.62. The van der Waals surface area contributed by atoms with E-state index in [4.69, 9.17) is 0 Å². The van der Waals surface area contributed by atoms with Crippen molar-refractivity contribution in [3.63, 3.8) is 0 Å². The van der Waals surface area contributed by atoms with Crippen LogP contribution in [0.3, 0.4) is 0 Å². The van der Waals surface area contributed by atoms with Gasteiger partial charge in [-0.1, -0.05) is 0 Å². The van der Waals surface area contributed by atoms with Crippen molar-refractivity contribution in [1.82, 2.24) is 14.7 Å². The molecule has 0 aliphatic carbocycles. The summed E-state index contributed by atoms with van der Waals surface area (Å²) in [5.41, 5.74) is 1.61. The Morgan fingerprint density at radius 3 is 2.83 bits per heavy atom. The number of carbonyl (C=O) groups excluding carboxylic acids is 1. The zero-order valence-corrected chi connectivity index (χ0v) is 13.5. The highest BCUT2D eigenvalue weighted by atomic mass is 19.1. The summed E-state index contributed by atoms with van der Waals surface area (Å²) < 4.78 is 15.6. The summed E-state index contributed by atoms with van der Waals surface area (Å²) in [6, 6.07) is 4.09. The first kappa shape index (κ1) is 17.0. The van der Waals surface area contributed by atoms with Gasteiger partial charge in [-0.15, -0.1) is 0 Å². The maximum atomic E-state index is 14.2. The summed E-state index contributed by atoms with van der Waals surface area (Å²) in [4.78, 5) is 13.4. The van der Waals surface area contributed by atoms with Crippen molar-refractivity contribution < 1.29 is 14.3 Å². The Bertz CT molecular complexity index is 684. The third kappa shape index (κ3) is 4.53. The van der Waals surface area contributed by atoms with Gasteiger partial charge in [-0.2, -0.15) is 5.10 Å². The van der Waals surface area contributed by atoms with Crippen LogP contribution < -0.4 is 5.32 Å². The number of aliphatic hydroxyl groups excluding tert-OH is 1. The Labute approximate surface area is 134 Å². The molecule has 0 saturated carbocycles. The molecule has 7 heteroatoms. The van der Waals surface area contributed by atoms with Gasteiger partial charge in [-0.3, -0.25) is 0 Å². The van der Waals surface area contributed by atoms with E-state index in [1.54, 1.807) is 38.5 Å². The zero-order valence-electron chi connectivity index (χ0n) is 13.5. The van der Waals surface area contributed by atoms with E-state index in [2.05, 4.69) is 10.4 Å². The van der Waals surface area contributed by atoms with Crippen LogP contribution >= 0.6 is 0 Å². The molecule has 2 aromatic rings. The van der Waals surface area contributed by atoms with Crippen LogP contribution in [0, 0.1) is 12.7 Å². The van der Waals surface area contributed by atoms with E-state index in [0.29, 0.717) is 24.3 Å². The molecule has 1 atom stereocenters. The summed E-state index contributed by atoms with van der Waals surface area (Å²) >= 11 is 0. The Kier molecular flexibility index (Phi) is 5.33. The molecule has 23 heavy (non-hydrogen) atoms. The average Bonchev–Trinajstić information content (AvgIpc) is 2.91. The molecule has 0 aliphatic heterocycles. The molecular weight excluding hydrogens is 299 g/mol. The first-order valence-electron chi connectivity index (χ1n) is 7.38. The molecule has 1 heterocycles. The van der Waals surface area contributed by atoms with E-state index in [0.717, 1.165) is 5.56 Å². The van der Waals surface area contributed by atoms with E-state index in [9.17, 15) is 14.3 Å². The van der Waals surface area contributed by atoms with E-state index in [-0.39, 0.29) is 6.03 Å². The molecule has 124 valence electrons. The number of aryl methyl sites for hydroxylation is 1. The smallest absolute Gasteiger partial charge is 0.321 e. The molecule has 0 fully saturated rings. The minimum Gasteiger partial charge on any atom is -0.393 e. The molecule has 1 aromatic heterocycles. The molecule has 2 N–H and O–H groups in total. The molecular formula is C16H21FN4O2. The summed E-state index contributed by atoms with van der Waals surface area (Å²) in [6.07, 6.45) is 3.38. The molecule has 2 amide bonds. The van der Waals surface area contributed by atoms with Gasteiger partial charge in [0.05, 0.1) is 12.3 Å². The molecule has 2 rings (SSSR count). The van der Waals surface area contributed by atoms with Crippen molar-refractivity contribution in [2.75, 3.05) is 18.9 Å². The number of hydrogen-bond donors (Lipinski definition) is 2. The van der Waals surface area contributed by atoms with E-state index < -0.39 is 11.9 Å². The standard InChI is InChI=1S/C16H21FN4O2/c1-11-9-18-21(10-11)15-5-4-13(8-14(15)17)19-16(23)20(3)7-6-12(2)22/h4-5,8-10,12,22H,6-7H2,1-3H3,(H,19,23). The van der Waals surface area contributed by atoms with Gasteiger partial charge in [0.15, 0.2) is 5.82 Å². The van der Waals surface area contributed by atoms with Crippen molar-refractivity contribution in [2.45, 2.75) is 26.4 Å². The maximum absolute atomic E-state index is 14.2. The summed E-state index contributed by atoms with van der Waals surface area (Å²) in [5.74, 6) is -0.475.